The van der Waals surface area contributed by atoms with E-state index in [1.54, 1.807) is 5.57 Å². The van der Waals surface area contributed by atoms with Crippen molar-refractivity contribution in [3.8, 4) is 0 Å². The van der Waals surface area contributed by atoms with Gasteiger partial charge in [-0.25, -0.2) is 0 Å². The standard InChI is InChI=1S/C42H74O3Si2/c1-16-42(43,17-2)28-19-18-21-31(3)36-25-26-37-33(22-20-27-41(36,37)11)23-24-34-29-35(44-46(12,13)39(5,6)7)30-38(32(34)4)45-47(14,15)40(8,9)10/h18-19,21,23-24,28,31,35-38,43H,4,16-17,20,22,25-27,29-30H2,1-3,5-15H3/b21-18+,28-19+,33-23+,34-24+/t31-,35-,36-,37+,38+,41-/m1/s1. The van der Waals surface area contributed by atoms with Gasteiger partial charge in [0, 0.05) is 6.42 Å². The van der Waals surface area contributed by atoms with Gasteiger partial charge in [-0.2, -0.15) is 0 Å². The van der Waals surface area contributed by atoms with Crippen molar-refractivity contribution in [3.63, 3.8) is 0 Å². The molecule has 268 valence electrons. The predicted octanol–water partition coefficient (Wildman–Crippen LogP) is 12.5. The van der Waals surface area contributed by atoms with Crippen molar-refractivity contribution in [1.82, 2.24) is 0 Å². The highest BCUT2D eigenvalue weighted by Crippen LogP contribution is 2.59. The summed E-state index contributed by atoms with van der Waals surface area (Å²) in [5.41, 5.74) is 3.79. The SMILES string of the molecule is C=C1/C(=C/C=C2\CCC[C@]3(C)[C@@H]([C@H](C)/C=C/C=C/C(O)(CC)CC)CC[C@@H]23)C[C@@H](O[Si](C)(C)C(C)(C)C)C[C@@H]1O[Si](C)(C)C(C)(C)C. The highest BCUT2D eigenvalue weighted by atomic mass is 28.4. The van der Waals surface area contributed by atoms with Gasteiger partial charge in [0.15, 0.2) is 16.6 Å². The molecule has 0 heterocycles. The molecule has 0 aromatic carbocycles. The van der Waals surface area contributed by atoms with E-state index < -0.39 is 22.2 Å². The molecule has 0 amide bonds. The Hall–Kier alpha value is -0.986. The largest absolute Gasteiger partial charge is 0.413 e. The molecule has 3 aliphatic rings. The lowest BCUT2D eigenvalue weighted by atomic mass is 9.61. The molecular weight excluding hydrogens is 609 g/mol. The van der Waals surface area contributed by atoms with E-state index in [4.69, 9.17) is 15.4 Å². The van der Waals surface area contributed by atoms with Gasteiger partial charge in [-0.3, -0.25) is 0 Å². The van der Waals surface area contributed by atoms with Crippen molar-refractivity contribution in [3.05, 3.63) is 59.8 Å². The van der Waals surface area contributed by atoms with Crippen LogP contribution >= 0.6 is 0 Å². The van der Waals surface area contributed by atoms with Crippen LogP contribution in [-0.4, -0.2) is 39.6 Å². The lowest BCUT2D eigenvalue weighted by Gasteiger charge is -2.45. The highest BCUT2D eigenvalue weighted by Gasteiger charge is 2.50. The number of hydrogen-bond donors (Lipinski definition) is 1. The second-order valence-corrected chi connectivity index (χ2v) is 28.3. The van der Waals surface area contributed by atoms with Gasteiger partial charge in [-0.15, -0.1) is 0 Å². The zero-order valence-electron chi connectivity index (χ0n) is 33.2. The van der Waals surface area contributed by atoms with Gasteiger partial charge in [0.25, 0.3) is 0 Å². The minimum absolute atomic E-state index is 0.0175. The van der Waals surface area contributed by atoms with Crippen LogP contribution in [-0.2, 0) is 8.85 Å². The van der Waals surface area contributed by atoms with Crippen molar-refractivity contribution >= 4 is 16.6 Å². The van der Waals surface area contributed by atoms with Crippen LogP contribution < -0.4 is 0 Å². The number of aliphatic hydroxyl groups is 1. The molecule has 47 heavy (non-hydrogen) atoms. The molecule has 0 aromatic rings. The van der Waals surface area contributed by atoms with Crippen LogP contribution in [0.3, 0.4) is 0 Å². The van der Waals surface area contributed by atoms with E-state index >= 15 is 0 Å². The monoisotopic (exact) mass is 683 g/mol. The maximum Gasteiger partial charge on any atom is 0.192 e. The summed E-state index contributed by atoms with van der Waals surface area (Å²) < 4.78 is 14.2. The third kappa shape index (κ3) is 9.42. The van der Waals surface area contributed by atoms with Gasteiger partial charge < -0.3 is 14.0 Å². The summed E-state index contributed by atoms with van der Waals surface area (Å²) in [5, 5.41) is 11.0. The topological polar surface area (TPSA) is 38.7 Å². The Bertz CT molecular complexity index is 1200. The van der Waals surface area contributed by atoms with E-state index in [2.05, 4.69) is 126 Å². The molecule has 0 aliphatic heterocycles. The quantitative estimate of drug-likeness (QED) is 0.174. The molecule has 0 unspecified atom stereocenters. The van der Waals surface area contributed by atoms with Crippen LogP contribution in [0.4, 0.5) is 0 Å². The van der Waals surface area contributed by atoms with Gasteiger partial charge in [0.2, 0.25) is 0 Å². The maximum atomic E-state index is 10.6. The second kappa shape index (κ2) is 15.1. The fourth-order valence-corrected chi connectivity index (χ4v) is 10.7. The first kappa shape index (κ1) is 40.4. The molecule has 6 atom stereocenters. The number of fused-ring (bicyclic) bond motifs is 1. The first-order chi connectivity index (χ1) is 21.5. The van der Waals surface area contributed by atoms with Crippen LogP contribution in [0.1, 0.15) is 127 Å². The van der Waals surface area contributed by atoms with Crippen LogP contribution in [0.5, 0.6) is 0 Å². The number of rotatable bonds is 11. The Morgan fingerprint density at radius 2 is 1.53 bits per heavy atom. The van der Waals surface area contributed by atoms with Gasteiger partial charge in [-0.1, -0.05) is 118 Å². The van der Waals surface area contributed by atoms with E-state index in [0.29, 0.717) is 23.2 Å². The minimum atomic E-state index is -1.99. The van der Waals surface area contributed by atoms with E-state index in [9.17, 15) is 5.11 Å². The smallest absolute Gasteiger partial charge is 0.192 e. The molecule has 0 radical (unpaired) electrons. The first-order valence-electron chi connectivity index (χ1n) is 19.0. The normalized spacial score (nSPS) is 31.0. The van der Waals surface area contributed by atoms with E-state index in [1.165, 1.54) is 43.3 Å². The average Bonchev–Trinajstić information content (AvgIpc) is 3.32. The molecule has 5 heteroatoms. The van der Waals surface area contributed by atoms with Gasteiger partial charge in [-0.05, 0) is 122 Å². The Morgan fingerprint density at radius 1 is 0.936 bits per heavy atom. The summed E-state index contributed by atoms with van der Waals surface area (Å²) in [6.45, 7) is 37.3. The fraction of sp³-hybridized carbons (Fsp3) is 0.762. The molecule has 0 spiro atoms. The van der Waals surface area contributed by atoms with Gasteiger partial charge in [0.05, 0.1) is 17.8 Å². The van der Waals surface area contributed by atoms with Crippen molar-refractivity contribution in [1.29, 1.82) is 0 Å². The molecule has 0 bridgehead atoms. The zero-order chi connectivity index (χ0) is 35.6. The Kier molecular flexibility index (Phi) is 13.0. The van der Waals surface area contributed by atoms with Crippen molar-refractivity contribution < 1.29 is 14.0 Å². The summed E-state index contributed by atoms with van der Waals surface area (Å²) in [4.78, 5) is 0. The molecule has 0 saturated heterocycles. The summed E-state index contributed by atoms with van der Waals surface area (Å²) in [7, 11) is -3.92. The lowest BCUT2D eigenvalue weighted by molar-refractivity contribution is 0.0828. The third-order valence-corrected chi connectivity index (χ3v) is 22.6. The molecule has 3 rings (SSSR count). The molecule has 0 aromatic heterocycles. The predicted molar refractivity (Wildman–Crippen MR) is 210 cm³/mol. The van der Waals surface area contributed by atoms with E-state index in [-0.39, 0.29) is 22.3 Å². The Morgan fingerprint density at radius 3 is 2.11 bits per heavy atom. The lowest BCUT2D eigenvalue weighted by Crippen LogP contribution is -2.49. The van der Waals surface area contributed by atoms with E-state index in [1.807, 2.05) is 6.08 Å². The maximum absolute atomic E-state index is 10.6. The summed E-state index contributed by atoms with van der Waals surface area (Å²) in [6.07, 6.45) is 23.4. The zero-order valence-corrected chi connectivity index (χ0v) is 35.2. The third-order valence-electron chi connectivity index (χ3n) is 13.6. The first-order valence-corrected chi connectivity index (χ1v) is 24.8. The van der Waals surface area contributed by atoms with Crippen LogP contribution in [0.25, 0.3) is 0 Å². The molecule has 3 nitrogen and oxygen atoms in total. The van der Waals surface area contributed by atoms with Crippen molar-refractivity contribution in [2.45, 2.75) is 181 Å². The highest BCUT2D eigenvalue weighted by molar-refractivity contribution is 6.74. The van der Waals surface area contributed by atoms with Gasteiger partial charge >= 0.3 is 0 Å². The summed E-state index contributed by atoms with van der Waals surface area (Å²) in [5.74, 6) is 1.84. The molecular formula is C42H74O3Si2. The van der Waals surface area contributed by atoms with Crippen LogP contribution in [0.2, 0.25) is 36.3 Å². The Balaban J connectivity index is 1.87. The molecule has 3 saturated carbocycles. The summed E-state index contributed by atoms with van der Waals surface area (Å²) in [6, 6.07) is 0. The van der Waals surface area contributed by atoms with Gasteiger partial charge in [0.1, 0.15) is 0 Å². The number of hydrogen-bond acceptors (Lipinski definition) is 3. The van der Waals surface area contributed by atoms with E-state index in [0.717, 1.165) is 25.7 Å². The second-order valence-electron chi connectivity index (χ2n) is 18.8. The molecule has 3 aliphatic carbocycles. The van der Waals surface area contributed by atoms with Crippen LogP contribution in [0.15, 0.2) is 59.8 Å². The number of allylic oxidation sites excluding steroid dienone is 6. The Labute approximate surface area is 293 Å². The minimum Gasteiger partial charge on any atom is -0.413 e. The average molecular weight is 683 g/mol. The summed E-state index contributed by atoms with van der Waals surface area (Å²) >= 11 is 0. The van der Waals surface area contributed by atoms with Crippen molar-refractivity contribution in [2.75, 3.05) is 0 Å². The molecule has 3 fully saturated rings. The fourth-order valence-electron chi connectivity index (χ4n) is 8.00. The van der Waals surface area contributed by atoms with Crippen LogP contribution in [0, 0.1) is 23.2 Å². The van der Waals surface area contributed by atoms with Crippen molar-refractivity contribution in [2.24, 2.45) is 23.2 Å². The molecule has 1 N–H and O–H groups in total.